The van der Waals surface area contributed by atoms with Crippen molar-refractivity contribution in [1.29, 1.82) is 0 Å². The zero-order valence-electron chi connectivity index (χ0n) is 20.9. The zero-order valence-corrected chi connectivity index (χ0v) is 22.5. The molecular weight excluding hydrogens is 528 g/mol. The van der Waals surface area contributed by atoms with Gasteiger partial charge in [-0.15, -0.1) is 11.8 Å². The molecule has 0 aromatic heterocycles. The van der Waals surface area contributed by atoms with E-state index in [-0.39, 0.29) is 29.7 Å². The smallest absolute Gasteiger partial charge is 0.262 e. The lowest BCUT2D eigenvalue weighted by Gasteiger charge is -2.36. The van der Waals surface area contributed by atoms with Crippen molar-refractivity contribution < 1.29 is 23.9 Å². The molecule has 3 aliphatic heterocycles. The van der Waals surface area contributed by atoms with E-state index in [0.717, 1.165) is 5.75 Å². The van der Waals surface area contributed by atoms with Crippen LogP contribution >= 0.6 is 23.4 Å². The number of nitrogens with zero attached hydrogens (tertiary/aromatic N) is 2. The number of hydrogen-bond acceptors (Lipinski definition) is 6. The predicted molar refractivity (Wildman–Crippen MR) is 145 cm³/mol. The molecule has 3 aliphatic rings. The van der Waals surface area contributed by atoms with Crippen molar-refractivity contribution in [1.82, 2.24) is 9.80 Å². The highest BCUT2D eigenvalue weighted by Crippen LogP contribution is 2.48. The molecule has 5 rings (SSSR count). The van der Waals surface area contributed by atoms with Crippen molar-refractivity contribution in [2.24, 2.45) is 5.73 Å². The molecule has 3 N–H and O–H groups in total. The van der Waals surface area contributed by atoms with Crippen molar-refractivity contribution in [3.05, 3.63) is 58.6 Å². The van der Waals surface area contributed by atoms with Gasteiger partial charge < -0.3 is 25.6 Å². The van der Waals surface area contributed by atoms with Gasteiger partial charge in [-0.3, -0.25) is 19.2 Å². The monoisotopic (exact) mass is 556 g/mol. The Morgan fingerprint density at radius 3 is 2.71 bits per heavy atom. The van der Waals surface area contributed by atoms with Gasteiger partial charge in [-0.05, 0) is 73.9 Å². The summed E-state index contributed by atoms with van der Waals surface area (Å²) in [4.78, 5) is 55.6. The van der Waals surface area contributed by atoms with Gasteiger partial charge in [0.25, 0.3) is 11.8 Å². The molecule has 38 heavy (non-hydrogen) atoms. The number of rotatable bonds is 6. The summed E-state index contributed by atoms with van der Waals surface area (Å²) in [7, 11) is 0. The Balaban J connectivity index is 1.33. The lowest BCUT2D eigenvalue weighted by atomic mass is 9.93. The molecule has 0 aliphatic carbocycles. The molecular formula is C27H29ClN4O5S. The van der Waals surface area contributed by atoms with Crippen molar-refractivity contribution in [2.45, 2.75) is 49.6 Å². The Labute approximate surface area is 230 Å². The van der Waals surface area contributed by atoms with Gasteiger partial charge in [0.1, 0.15) is 17.3 Å². The fourth-order valence-corrected chi connectivity index (χ4v) is 7.24. The molecule has 1 spiro atoms. The van der Waals surface area contributed by atoms with E-state index in [9.17, 15) is 19.2 Å². The first-order valence-corrected chi connectivity index (χ1v) is 14.0. The summed E-state index contributed by atoms with van der Waals surface area (Å²) in [5.41, 5.74) is 6.16. The van der Waals surface area contributed by atoms with Crippen molar-refractivity contribution >= 4 is 52.7 Å². The molecule has 0 saturated carbocycles. The number of carbonyl (C=O) groups is 4. The minimum absolute atomic E-state index is 0.172. The van der Waals surface area contributed by atoms with E-state index in [1.54, 1.807) is 71.0 Å². The minimum atomic E-state index is -0.981. The largest absolute Gasteiger partial charge is 0.484 e. The van der Waals surface area contributed by atoms with E-state index < -0.39 is 17.5 Å². The van der Waals surface area contributed by atoms with Crippen LogP contribution in [0.15, 0.2) is 42.5 Å². The van der Waals surface area contributed by atoms with Crippen LogP contribution in [0.1, 0.15) is 41.6 Å². The highest BCUT2D eigenvalue weighted by Gasteiger charge is 2.61. The second kappa shape index (κ2) is 10.5. The van der Waals surface area contributed by atoms with E-state index >= 15 is 0 Å². The second-order valence-electron chi connectivity index (χ2n) is 9.81. The molecule has 0 bridgehead atoms. The number of halogens is 1. The molecule has 3 atom stereocenters. The van der Waals surface area contributed by atoms with Crippen molar-refractivity contribution in [3.63, 3.8) is 0 Å². The number of thioether (sulfide) groups is 1. The quantitative estimate of drug-likeness (QED) is 0.563. The first kappa shape index (κ1) is 26.4. The average molecular weight is 557 g/mol. The van der Waals surface area contributed by atoms with Crippen molar-refractivity contribution in [2.75, 3.05) is 24.2 Å². The van der Waals surface area contributed by atoms with Gasteiger partial charge in [0, 0.05) is 29.2 Å². The summed E-state index contributed by atoms with van der Waals surface area (Å²) in [6.07, 6.45) is 2.24. The summed E-state index contributed by atoms with van der Waals surface area (Å²) in [5.74, 6) is -0.0696. The molecule has 200 valence electrons. The molecule has 4 amide bonds. The zero-order chi connectivity index (χ0) is 27.0. The van der Waals surface area contributed by atoms with E-state index in [2.05, 4.69) is 5.32 Å². The van der Waals surface area contributed by atoms with E-state index in [1.165, 1.54) is 0 Å². The molecule has 3 saturated heterocycles. The maximum Gasteiger partial charge on any atom is 0.262 e. The van der Waals surface area contributed by atoms with Crippen LogP contribution in [0.5, 0.6) is 5.75 Å². The fraction of sp³-hybridized carbons (Fsp3) is 0.407. The van der Waals surface area contributed by atoms with Gasteiger partial charge >= 0.3 is 0 Å². The second-order valence-corrected chi connectivity index (χ2v) is 11.5. The molecule has 2 aromatic carbocycles. The van der Waals surface area contributed by atoms with E-state index in [4.69, 9.17) is 22.1 Å². The number of benzene rings is 2. The third kappa shape index (κ3) is 4.71. The van der Waals surface area contributed by atoms with Crippen LogP contribution in [-0.4, -0.2) is 69.3 Å². The number of anilines is 1. The number of nitrogens with one attached hydrogen (secondary N) is 1. The third-order valence-electron chi connectivity index (χ3n) is 7.58. The number of nitrogens with two attached hydrogens (primary N) is 1. The Kier molecular flexibility index (Phi) is 7.28. The van der Waals surface area contributed by atoms with Crippen molar-refractivity contribution in [3.8, 4) is 5.75 Å². The average Bonchev–Trinajstić information content (AvgIpc) is 3.45. The van der Waals surface area contributed by atoms with Gasteiger partial charge in [0.15, 0.2) is 6.61 Å². The number of likely N-dealkylation sites (tertiary alicyclic amines) is 1. The van der Waals surface area contributed by atoms with Crippen LogP contribution in [0.2, 0.25) is 5.02 Å². The lowest BCUT2D eigenvalue weighted by Crippen LogP contribution is -2.56. The molecule has 3 fully saturated rings. The highest BCUT2D eigenvalue weighted by molar-refractivity contribution is 7.99. The van der Waals surface area contributed by atoms with Crippen LogP contribution < -0.4 is 15.8 Å². The number of amides is 4. The fourth-order valence-electron chi connectivity index (χ4n) is 5.68. The van der Waals surface area contributed by atoms with Gasteiger partial charge in [0.05, 0.1) is 5.37 Å². The van der Waals surface area contributed by atoms with Crippen LogP contribution in [0, 0.1) is 6.92 Å². The number of hydrogen-bond donors (Lipinski definition) is 2. The van der Waals surface area contributed by atoms with Gasteiger partial charge in [-0.1, -0.05) is 17.7 Å². The summed E-state index contributed by atoms with van der Waals surface area (Å²) in [5, 5.41) is 3.21. The maximum absolute atomic E-state index is 13.9. The lowest BCUT2D eigenvalue weighted by molar-refractivity contribution is -0.142. The third-order valence-corrected chi connectivity index (χ3v) is 9.08. The molecule has 3 heterocycles. The minimum Gasteiger partial charge on any atom is -0.484 e. The number of fused-ring (bicyclic) bond motifs is 1. The molecule has 0 unspecified atom stereocenters. The van der Waals surface area contributed by atoms with Crippen LogP contribution in [0.3, 0.4) is 0 Å². The van der Waals surface area contributed by atoms with Gasteiger partial charge in [-0.25, -0.2) is 0 Å². The van der Waals surface area contributed by atoms with E-state index in [0.29, 0.717) is 59.8 Å². The van der Waals surface area contributed by atoms with Crippen LogP contribution in [-0.2, 0) is 14.4 Å². The summed E-state index contributed by atoms with van der Waals surface area (Å²) < 4.78 is 5.52. The first-order valence-electron chi connectivity index (χ1n) is 12.5. The molecule has 11 heteroatoms. The number of ether oxygens (including phenoxy) is 1. The Bertz CT molecular complexity index is 1290. The molecule has 2 aromatic rings. The maximum atomic E-state index is 13.9. The highest BCUT2D eigenvalue weighted by atomic mass is 35.5. The Morgan fingerprint density at radius 1 is 1.21 bits per heavy atom. The van der Waals surface area contributed by atoms with Gasteiger partial charge in [0.2, 0.25) is 11.8 Å². The number of carbonyl (C=O) groups excluding carboxylic acids is 4. The Hall–Kier alpha value is -3.24. The summed E-state index contributed by atoms with van der Waals surface area (Å²) in [6, 6.07) is 11.2. The molecule has 0 radical (unpaired) electrons. The first-order chi connectivity index (χ1) is 18.2. The Morgan fingerprint density at radius 2 is 1.97 bits per heavy atom. The number of primary amides is 1. The van der Waals surface area contributed by atoms with Crippen LogP contribution in [0.4, 0.5) is 5.69 Å². The topological polar surface area (TPSA) is 122 Å². The summed E-state index contributed by atoms with van der Waals surface area (Å²) in [6.45, 7) is 2.01. The van der Waals surface area contributed by atoms with Crippen LogP contribution in [0.25, 0.3) is 0 Å². The van der Waals surface area contributed by atoms with Gasteiger partial charge in [-0.2, -0.15) is 0 Å². The SMILES string of the molecule is Cc1c(NC(=O)COc2ccc(Cl)cc2)cccc1C(=O)N1CCC[C@]12C[C@H]1SCC[C@H](C(N)=O)N1C2=O. The summed E-state index contributed by atoms with van der Waals surface area (Å²) >= 11 is 7.52. The predicted octanol–water partition coefficient (Wildman–Crippen LogP) is 3.19. The molecule has 9 nitrogen and oxygen atoms in total. The van der Waals surface area contributed by atoms with E-state index in [1.807, 2.05) is 0 Å². The standard InChI is InChI=1S/C27H29ClN4O5S/c1-16-19(4-2-5-20(16)30-22(33)15-37-18-8-6-17(28)7-9-18)25(35)31-12-3-11-27(31)14-23-32(26(27)36)21(24(29)34)10-13-38-23/h2,4-9,21,23H,3,10-15H2,1H3,(H2,29,34)(H,30,33)/t21-,23-,27-/m1/s1. The normalized spacial score (nSPS) is 24.4.